The number of hydrogen-bond acceptors (Lipinski definition) is 4. The Kier molecular flexibility index (Phi) is 4.77. The van der Waals surface area contributed by atoms with Crippen LogP contribution < -0.4 is 0 Å². The predicted molar refractivity (Wildman–Crippen MR) is 107 cm³/mol. The average Bonchev–Trinajstić information content (AvgIpc) is 3.17. The fraction of sp³-hybridized carbons (Fsp3) is 0.136. The van der Waals surface area contributed by atoms with Crippen molar-refractivity contribution >= 4 is 17.2 Å². The van der Waals surface area contributed by atoms with Crippen LogP contribution in [0, 0.1) is 0 Å². The van der Waals surface area contributed by atoms with Crippen molar-refractivity contribution in [3.63, 3.8) is 0 Å². The molecule has 5 heteroatoms. The summed E-state index contributed by atoms with van der Waals surface area (Å²) in [4.78, 5) is 6.13. The van der Waals surface area contributed by atoms with Gasteiger partial charge in [0.15, 0.2) is 0 Å². The van der Waals surface area contributed by atoms with E-state index >= 15 is 0 Å². The van der Waals surface area contributed by atoms with Crippen molar-refractivity contribution < 1.29 is 5.11 Å². The number of hydrogen-bond donors (Lipinski definition) is 1. The monoisotopic (exact) mass is 356 g/mol. The predicted octanol–water partition coefficient (Wildman–Crippen LogP) is 3.96. The third-order valence-corrected chi connectivity index (χ3v) is 4.47. The molecule has 0 spiro atoms. The molecule has 4 aromatic rings. The van der Waals surface area contributed by atoms with Gasteiger partial charge in [-0.25, -0.2) is 0 Å². The third kappa shape index (κ3) is 3.78. The van der Waals surface area contributed by atoms with Gasteiger partial charge >= 0.3 is 0 Å². The highest BCUT2D eigenvalue weighted by Crippen LogP contribution is 2.18. The first kappa shape index (κ1) is 17.1. The first-order valence-electron chi connectivity index (χ1n) is 8.89. The van der Waals surface area contributed by atoms with E-state index in [9.17, 15) is 5.11 Å². The molecule has 1 heterocycles. The van der Waals surface area contributed by atoms with Crippen LogP contribution in [-0.4, -0.2) is 32.4 Å². The molecule has 1 aromatic heterocycles. The summed E-state index contributed by atoms with van der Waals surface area (Å²) in [6.45, 7) is 1.90. The second-order valence-electron chi connectivity index (χ2n) is 6.44. The Morgan fingerprint density at radius 2 is 1.44 bits per heavy atom. The van der Waals surface area contributed by atoms with Gasteiger partial charge in [0, 0.05) is 6.21 Å². The summed E-state index contributed by atoms with van der Waals surface area (Å²) < 4.78 is 0. The maximum absolute atomic E-state index is 10.4. The van der Waals surface area contributed by atoms with E-state index in [1.165, 1.54) is 0 Å². The van der Waals surface area contributed by atoms with Crippen molar-refractivity contribution in [2.45, 2.75) is 19.1 Å². The number of aromatic nitrogens is 3. The van der Waals surface area contributed by atoms with E-state index in [-0.39, 0.29) is 6.04 Å². The molecule has 0 amide bonds. The van der Waals surface area contributed by atoms with E-state index in [2.05, 4.69) is 15.2 Å². The van der Waals surface area contributed by atoms with E-state index in [0.717, 1.165) is 27.8 Å². The lowest BCUT2D eigenvalue weighted by atomic mass is 10.0. The van der Waals surface area contributed by atoms with Crippen molar-refractivity contribution in [2.24, 2.45) is 4.99 Å². The molecular weight excluding hydrogens is 336 g/mol. The van der Waals surface area contributed by atoms with Crippen LogP contribution in [0.2, 0.25) is 0 Å². The standard InChI is InChI=1S/C22H20N4O/c1-16(22(27)18-7-3-2-4-8-18)23-15-17-11-13-19(14-12-17)26-24-20-9-5-6-10-21(20)25-26/h2-16,22,27H,1H3/t16-,22+/m1/s1. The number of rotatable bonds is 5. The van der Waals surface area contributed by atoms with Crippen LogP contribution in [-0.2, 0) is 0 Å². The van der Waals surface area contributed by atoms with Crippen molar-refractivity contribution in [3.05, 3.63) is 90.0 Å². The van der Waals surface area contributed by atoms with E-state index in [0.29, 0.717) is 0 Å². The van der Waals surface area contributed by atoms with Crippen LogP contribution in [0.4, 0.5) is 0 Å². The lowest BCUT2D eigenvalue weighted by Crippen LogP contribution is -2.12. The Labute approximate surface area is 157 Å². The van der Waals surface area contributed by atoms with Gasteiger partial charge < -0.3 is 5.11 Å². The molecular formula is C22H20N4O. The zero-order valence-corrected chi connectivity index (χ0v) is 15.0. The van der Waals surface area contributed by atoms with Crippen LogP contribution in [0.1, 0.15) is 24.2 Å². The van der Waals surface area contributed by atoms with Gasteiger partial charge in [0.25, 0.3) is 0 Å². The fourth-order valence-electron chi connectivity index (χ4n) is 2.88. The molecule has 0 saturated heterocycles. The summed E-state index contributed by atoms with van der Waals surface area (Å²) in [5.41, 5.74) is 4.45. The van der Waals surface area contributed by atoms with Crippen molar-refractivity contribution in [1.82, 2.24) is 15.0 Å². The van der Waals surface area contributed by atoms with Crippen LogP contribution >= 0.6 is 0 Å². The smallest absolute Gasteiger partial charge is 0.113 e. The van der Waals surface area contributed by atoms with E-state index in [4.69, 9.17) is 0 Å². The van der Waals surface area contributed by atoms with Gasteiger partial charge in [0.2, 0.25) is 0 Å². The molecule has 0 aliphatic carbocycles. The fourth-order valence-corrected chi connectivity index (χ4v) is 2.88. The van der Waals surface area contributed by atoms with Crippen molar-refractivity contribution in [3.8, 4) is 5.69 Å². The zero-order chi connectivity index (χ0) is 18.6. The molecule has 0 aliphatic heterocycles. The highest BCUT2D eigenvalue weighted by atomic mass is 16.3. The highest BCUT2D eigenvalue weighted by molar-refractivity contribution is 5.80. The minimum absolute atomic E-state index is 0.231. The molecule has 2 atom stereocenters. The summed E-state index contributed by atoms with van der Waals surface area (Å²) in [5.74, 6) is 0. The van der Waals surface area contributed by atoms with Crippen molar-refractivity contribution in [1.29, 1.82) is 0 Å². The average molecular weight is 356 g/mol. The molecule has 27 heavy (non-hydrogen) atoms. The zero-order valence-electron chi connectivity index (χ0n) is 15.0. The summed E-state index contributed by atoms with van der Waals surface area (Å²) in [6.07, 6.45) is 1.16. The van der Waals surface area contributed by atoms with Gasteiger partial charge in [-0.1, -0.05) is 54.6 Å². The molecule has 134 valence electrons. The molecule has 0 bridgehead atoms. The minimum atomic E-state index is -0.623. The van der Waals surface area contributed by atoms with Gasteiger partial charge in [0.1, 0.15) is 17.1 Å². The van der Waals surface area contributed by atoms with E-state index < -0.39 is 6.10 Å². The van der Waals surface area contributed by atoms with Gasteiger partial charge in [-0.05, 0) is 42.3 Å². The second-order valence-corrected chi connectivity index (χ2v) is 6.44. The Bertz CT molecular complexity index is 1020. The molecule has 0 saturated carbocycles. The number of aliphatic hydroxyl groups is 1. The number of nitrogens with zero attached hydrogens (tertiary/aromatic N) is 4. The molecule has 0 unspecified atom stereocenters. The number of aliphatic hydroxyl groups excluding tert-OH is 1. The molecule has 3 aromatic carbocycles. The van der Waals surface area contributed by atoms with Gasteiger partial charge in [-0.2, -0.15) is 4.80 Å². The number of benzene rings is 3. The summed E-state index contributed by atoms with van der Waals surface area (Å²) in [6, 6.07) is 25.0. The molecule has 4 rings (SSSR count). The number of aliphatic imine (C=N–C) groups is 1. The Hall–Kier alpha value is -3.31. The Morgan fingerprint density at radius 3 is 2.07 bits per heavy atom. The Balaban J connectivity index is 1.48. The van der Waals surface area contributed by atoms with Crippen LogP contribution in [0.25, 0.3) is 16.7 Å². The lowest BCUT2D eigenvalue weighted by molar-refractivity contribution is 0.154. The largest absolute Gasteiger partial charge is 0.386 e. The molecule has 0 fully saturated rings. The maximum Gasteiger partial charge on any atom is 0.113 e. The maximum atomic E-state index is 10.4. The quantitative estimate of drug-likeness (QED) is 0.551. The minimum Gasteiger partial charge on any atom is -0.386 e. The SMILES string of the molecule is C[C@@H](N=Cc1ccc(-n2nc3ccccc3n2)cc1)[C@H](O)c1ccccc1. The van der Waals surface area contributed by atoms with E-state index in [1.807, 2.05) is 85.8 Å². The Morgan fingerprint density at radius 1 is 0.852 bits per heavy atom. The normalized spacial score (nSPS) is 13.9. The van der Waals surface area contributed by atoms with Crippen molar-refractivity contribution in [2.75, 3.05) is 0 Å². The summed E-state index contributed by atoms with van der Waals surface area (Å²) in [7, 11) is 0. The van der Waals surface area contributed by atoms with Gasteiger partial charge in [-0.15, -0.1) is 10.2 Å². The van der Waals surface area contributed by atoms with Crippen LogP contribution in [0.3, 0.4) is 0 Å². The van der Waals surface area contributed by atoms with Crippen LogP contribution in [0.5, 0.6) is 0 Å². The summed E-state index contributed by atoms with van der Waals surface area (Å²) >= 11 is 0. The number of fused-ring (bicyclic) bond motifs is 1. The van der Waals surface area contributed by atoms with Crippen LogP contribution in [0.15, 0.2) is 83.9 Å². The molecule has 0 aliphatic rings. The lowest BCUT2D eigenvalue weighted by Gasteiger charge is -2.15. The molecule has 5 nitrogen and oxygen atoms in total. The third-order valence-electron chi connectivity index (χ3n) is 4.47. The van der Waals surface area contributed by atoms with E-state index in [1.54, 1.807) is 11.0 Å². The summed E-state index contributed by atoms with van der Waals surface area (Å²) in [5, 5.41) is 19.4. The van der Waals surface area contributed by atoms with Gasteiger partial charge in [0.05, 0.1) is 11.7 Å². The highest BCUT2D eigenvalue weighted by Gasteiger charge is 2.14. The first-order chi connectivity index (χ1) is 13.2. The second kappa shape index (κ2) is 7.51. The molecule has 1 N–H and O–H groups in total. The topological polar surface area (TPSA) is 63.3 Å². The van der Waals surface area contributed by atoms with Gasteiger partial charge in [-0.3, -0.25) is 4.99 Å². The first-order valence-corrected chi connectivity index (χ1v) is 8.89. The molecule has 0 radical (unpaired) electrons.